The van der Waals surface area contributed by atoms with Crippen LogP contribution in [0.3, 0.4) is 0 Å². The molecule has 130 valence electrons. The van der Waals surface area contributed by atoms with Gasteiger partial charge in [0.1, 0.15) is 5.69 Å². The summed E-state index contributed by atoms with van der Waals surface area (Å²) in [5, 5.41) is 20.2. The van der Waals surface area contributed by atoms with Crippen molar-refractivity contribution in [1.82, 2.24) is 4.90 Å². The molecule has 24 heavy (non-hydrogen) atoms. The van der Waals surface area contributed by atoms with Crippen LogP contribution in [-0.4, -0.2) is 60.2 Å². The number of piperazine rings is 1. The summed E-state index contributed by atoms with van der Waals surface area (Å²) in [7, 11) is 1.51. The largest absolute Gasteiger partial charge is 0.465 e. The molecule has 1 aromatic carbocycles. The maximum atomic E-state index is 11.9. The number of amides is 2. The minimum absolute atomic E-state index is 0.132. The van der Waals surface area contributed by atoms with Crippen LogP contribution in [-0.2, 0) is 4.79 Å². The van der Waals surface area contributed by atoms with E-state index < -0.39 is 11.0 Å². The zero-order valence-electron chi connectivity index (χ0n) is 13.6. The first-order valence-electron chi connectivity index (χ1n) is 7.63. The van der Waals surface area contributed by atoms with Gasteiger partial charge in [-0.25, -0.2) is 4.79 Å². The molecule has 1 fully saturated rings. The van der Waals surface area contributed by atoms with E-state index in [4.69, 9.17) is 5.11 Å². The summed E-state index contributed by atoms with van der Waals surface area (Å²) in [5.41, 5.74) is 0.841. The summed E-state index contributed by atoms with van der Waals surface area (Å²) >= 11 is 0. The molecule has 1 aliphatic rings. The molecule has 1 saturated heterocycles. The van der Waals surface area contributed by atoms with E-state index in [1.54, 1.807) is 19.1 Å². The Balaban J connectivity index is 2.28. The van der Waals surface area contributed by atoms with Gasteiger partial charge in [0.2, 0.25) is 5.91 Å². The molecule has 0 radical (unpaired) electrons. The summed E-state index contributed by atoms with van der Waals surface area (Å²) < 4.78 is 0. The van der Waals surface area contributed by atoms with Crippen molar-refractivity contribution in [2.24, 2.45) is 0 Å². The Kier molecular flexibility index (Phi) is 5.22. The van der Waals surface area contributed by atoms with Gasteiger partial charge in [0, 0.05) is 51.4 Å². The molecule has 0 aliphatic carbocycles. The third-order valence-corrected chi connectivity index (χ3v) is 4.11. The van der Waals surface area contributed by atoms with Gasteiger partial charge in [-0.05, 0) is 12.1 Å². The molecule has 9 heteroatoms. The Morgan fingerprint density at radius 2 is 1.92 bits per heavy atom. The molecule has 2 amide bonds. The summed E-state index contributed by atoms with van der Waals surface area (Å²) in [6.07, 6.45) is -0.706. The SMILES string of the molecule is CCC(=O)N(C)c1cc(N2CCN(C(=O)O)CC2)ccc1[N+](=O)[O-]. The number of carbonyl (C=O) groups excluding carboxylic acids is 1. The lowest BCUT2D eigenvalue weighted by molar-refractivity contribution is -0.384. The maximum Gasteiger partial charge on any atom is 0.407 e. The Morgan fingerprint density at radius 1 is 1.29 bits per heavy atom. The number of nitro groups is 1. The van der Waals surface area contributed by atoms with E-state index in [1.807, 2.05) is 4.90 Å². The van der Waals surface area contributed by atoms with Crippen LogP contribution in [0, 0.1) is 10.1 Å². The predicted molar refractivity (Wildman–Crippen MR) is 88.6 cm³/mol. The molecule has 0 saturated carbocycles. The number of benzene rings is 1. The highest BCUT2D eigenvalue weighted by molar-refractivity contribution is 5.95. The van der Waals surface area contributed by atoms with E-state index in [0.29, 0.717) is 26.2 Å². The van der Waals surface area contributed by atoms with Crippen LogP contribution in [0.1, 0.15) is 13.3 Å². The number of carbonyl (C=O) groups is 2. The molecular formula is C15H20N4O5. The number of hydrogen-bond donors (Lipinski definition) is 1. The summed E-state index contributed by atoms with van der Waals surface area (Å²) in [5.74, 6) is -0.217. The second-order valence-corrected chi connectivity index (χ2v) is 5.49. The van der Waals surface area contributed by atoms with Crippen molar-refractivity contribution in [2.45, 2.75) is 13.3 Å². The Morgan fingerprint density at radius 3 is 2.42 bits per heavy atom. The zero-order valence-corrected chi connectivity index (χ0v) is 13.6. The lowest BCUT2D eigenvalue weighted by Crippen LogP contribution is -2.48. The second kappa shape index (κ2) is 7.16. The quantitative estimate of drug-likeness (QED) is 0.663. The molecule has 0 aromatic heterocycles. The molecule has 1 heterocycles. The van der Waals surface area contributed by atoms with Crippen LogP contribution in [0.15, 0.2) is 18.2 Å². The van der Waals surface area contributed by atoms with Gasteiger partial charge in [-0.2, -0.15) is 0 Å². The van der Waals surface area contributed by atoms with Gasteiger partial charge in [-0.1, -0.05) is 6.92 Å². The second-order valence-electron chi connectivity index (χ2n) is 5.49. The number of nitro benzene ring substituents is 1. The molecule has 2 rings (SSSR count). The standard InChI is InChI=1S/C15H20N4O5/c1-3-14(20)16(2)13-10-11(4-5-12(13)19(23)24)17-6-8-18(9-7-17)15(21)22/h4-5,10H,3,6-9H2,1-2H3,(H,21,22). The lowest BCUT2D eigenvalue weighted by Gasteiger charge is -2.35. The lowest BCUT2D eigenvalue weighted by atomic mass is 10.2. The van der Waals surface area contributed by atoms with Crippen molar-refractivity contribution in [3.05, 3.63) is 28.3 Å². The zero-order chi connectivity index (χ0) is 17.9. The van der Waals surface area contributed by atoms with Crippen molar-refractivity contribution in [3.63, 3.8) is 0 Å². The molecule has 1 aliphatic heterocycles. The van der Waals surface area contributed by atoms with E-state index in [-0.39, 0.29) is 23.7 Å². The van der Waals surface area contributed by atoms with Gasteiger partial charge < -0.3 is 19.8 Å². The van der Waals surface area contributed by atoms with Crippen LogP contribution in [0.2, 0.25) is 0 Å². The molecular weight excluding hydrogens is 316 g/mol. The molecule has 0 atom stereocenters. The van der Waals surface area contributed by atoms with E-state index in [0.717, 1.165) is 5.69 Å². The number of carboxylic acid groups (broad SMARTS) is 1. The fourth-order valence-corrected chi connectivity index (χ4v) is 2.66. The van der Waals surface area contributed by atoms with E-state index >= 15 is 0 Å². The van der Waals surface area contributed by atoms with Crippen molar-refractivity contribution in [3.8, 4) is 0 Å². The monoisotopic (exact) mass is 336 g/mol. The number of hydrogen-bond acceptors (Lipinski definition) is 5. The van der Waals surface area contributed by atoms with E-state index in [1.165, 1.54) is 22.9 Å². The van der Waals surface area contributed by atoms with Crippen LogP contribution in [0.4, 0.5) is 21.9 Å². The fraction of sp³-hybridized carbons (Fsp3) is 0.467. The molecule has 1 N–H and O–H groups in total. The summed E-state index contributed by atoms with van der Waals surface area (Å²) in [6.45, 7) is 3.42. The molecule has 0 unspecified atom stereocenters. The van der Waals surface area contributed by atoms with Gasteiger partial charge in [0.25, 0.3) is 5.69 Å². The average molecular weight is 336 g/mol. The first kappa shape index (κ1) is 17.5. The Bertz CT molecular complexity index is 655. The number of nitrogens with zero attached hydrogens (tertiary/aromatic N) is 4. The number of anilines is 2. The van der Waals surface area contributed by atoms with Crippen molar-refractivity contribution in [1.29, 1.82) is 0 Å². The summed E-state index contributed by atoms with van der Waals surface area (Å²) in [4.78, 5) is 38.2. The third kappa shape index (κ3) is 3.55. The minimum Gasteiger partial charge on any atom is -0.465 e. The first-order chi connectivity index (χ1) is 11.3. The van der Waals surface area contributed by atoms with E-state index in [9.17, 15) is 19.7 Å². The van der Waals surface area contributed by atoms with Crippen LogP contribution in [0.25, 0.3) is 0 Å². The van der Waals surface area contributed by atoms with Gasteiger partial charge in [0.05, 0.1) is 4.92 Å². The highest BCUT2D eigenvalue weighted by Gasteiger charge is 2.25. The van der Waals surface area contributed by atoms with Gasteiger partial charge in [-0.3, -0.25) is 14.9 Å². The van der Waals surface area contributed by atoms with Crippen LogP contribution < -0.4 is 9.80 Å². The van der Waals surface area contributed by atoms with Crippen LogP contribution in [0.5, 0.6) is 0 Å². The highest BCUT2D eigenvalue weighted by Crippen LogP contribution is 2.32. The number of rotatable bonds is 4. The van der Waals surface area contributed by atoms with Crippen molar-refractivity contribution >= 4 is 29.1 Å². The van der Waals surface area contributed by atoms with Crippen molar-refractivity contribution < 1.29 is 19.6 Å². The molecule has 0 spiro atoms. The van der Waals surface area contributed by atoms with Gasteiger partial charge in [-0.15, -0.1) is 0 Å². The molecule has 0 bridgehead atoms. The topological polar surface area (TPSA) is 107 Å². The van der Waals surface area contributed by atoms with E-state index in [2.05, 4.69) is 0 Å². The molecule has 1 aromatic rings. The van der Waals surface area contributed by atoms with Crippen LogP contribution >= 0.6 is 0 Å². The minimum atomic E-state index is -0.952. The Labute approximate surface area is 139 Å². The fourth-order valence-electron chi connectivity index (χ4n) is 2.66. The first-order valence-corrected chi connectivity index (χ1v) is 7.63. The predicted octanol–water partition coefficient (Wildman–Crippen LogP) is 1.77. The summed E-state index contributed by atoms with van der Waals surface area (Å²) in [6, 6.07) is 4.62. The highest BCUT2D eigenvalue weighted by atomic mass is 16.6. The average Bonchev–Trinajstić information content (AvgIpc) is 2.59. The van der Waals surface area contributed by atoms with Gasteiger partial charge >= 0.3 is 6.09 Å². The molecule has 9 nitrogen and oxygen atoms in total. The smallest absolute Gasteiger partial charge is 0.407 e. The third-order valence-electron chi connectivity index (χ3n) is 4.11. The maximum absolute atomic E-state index is 11.9. The Hall–Kier alpha value is -2.84. The normalized spacial score (nSPS) is 14.4. The van der Waals surface area contributed by atoms with Gasteiger partial charge in [0.15, 0.2) is 0 Å². The van der Waals surface area contributed by atoms with Crippen molar-refractivity contribution in [2.75, 3.05) is 43.0 Å².